The Morgan fingerprint density at radius 3 is 2.62 bits per heavy atom. The van der Waals surface area contributed by atoms with Crippen LogP contribution in [0.1, 0.15) is 51.9 Å². The first kappa shape index (κ1) is 12.1. The minimum Gasteiger partial charge on any atom is -0.394 e. The largest absolute Gasteiger partial charge is 0.394 e. The molecule has 92 valence electrons. The number of rotatable bonds is 3. The van der Waals surface area contributed by atoms with Gasteiger partial charge in [0.25, 0.3) is 0 Å². The van der Waals surface area contributed by atoms with Crippen molar-refractivity contribution in [2.24, 2.45) is 5.92 Å². The molecule has 1 unspecified atom stereocenters. The molecule has 0 aromatic carbocycles. The number of allylic oxidation sites excluding steroid dienone is 1. The third kappa shape index (κ3) is 2.86. The monoisotopic (exact) mass is 223 g/mol. The molecule has 0 aliphatic heterocycles. The van der Waals surface area contributed by atoms with E-state index in [1.165, 1.54) is 32.1 Å². The van der Waals surface area contributed by atoms with Gasteiger partial charge in [0.05, 0.1) is 6.61 Å². The van der Waals surface area contributed by atoms with Gasteiger partial charge in [0, 0.05) is 11.6 Å². The highest BCUT2D eigenvalue weighted by molar-refractivity contribution is 5.03. The van der Waals surface area contributed by atoms with Gasteiger partial charge in [0.1, 0.15) is 0 Å². The normalized spacial score (nSPS) is 39.9. The Kier molecular flexibility index (Phi) is 4.04. The molecule has 0 radical (unpaired) electrons. The van der Waals surface area contributed by atoms with Crippen molar-refractivity contribution < 1.29 is 5.11 Å². The molecule has 2 nitrogen and oxygen atoms in total. The van der Waals surface area contributed by atoms with Crippen LogP contribution in [0.5, 0.6) is 0 Å². The summed E-state index contributed by atoms with van der Waals surface area (Å²) in [7, 11) is 0. The fourth-order valence-corrected chi connectivity index (χ4v) is 2.99. The van der Waals surface area contributed by atoms with Gasteiger partial charge >= 0.3 is 0 Å². The number of aliphatic hydroxyl groups excluding tert-OH is 1. The molecule has 2 rings (SSSR count). The van der Waals surface area contributed by atoms with Crippen molar-refractivity contribution in [2.75, 3.05) is 6.61 Å². The third-order valence-corrected chi connectivity index (χ3v) is 4.28. The van der Waals surface area contributed by atoms with Gasteiger partial charge in [0.2, 0.25) is 0 Å². The quantitative estimate of drug-likeness (QED) is 0.721. The van der Waals surface area contributed by atoms with Gasteiger partial charge < -0.3 is 10.4 Å². The van der Waals surface area contributed by atoms with Crippen LogP contribution >= 0.6 is 0 Å². The van der Waals surface area contributed by atoms with Crippen LogP contribution in [0.25, 0.3) is 0 Å². The Morgan fingerprint density at radius 2 is 2.06 bits per heavy atom. The fourth-order valence-electron chi connectivity index (χ4n) is 2.99. The van der Waals surface area contributed by atoms with E-state index in [4.69, 9.17) is 0 Å². The van der Waals surface area contributed by atoms with Gasteiger partial charge in [-0.05, 0) is 50.9 Å². The van der Waals surface area contributed by atoms with Crippen molar-refractivity contribution in [1.29, 1.82) is 0 Å². The van der Waals surface area contributed by atoms with E-state index < -0.39 is 0 Å². The van der Waals surface area contributed by atoms with Crippen LogP contribution in [0.4, 0.5) is 0 Å². The Labute approximate surface area is 99.1 Å². The maximum atomic E-state index is 9.67. The summed E-state index contributed by atoms with van der Waals surface area (Å²) >= 11 is 0. The number of nitrogens with one attached hydrogen (secondary N) is 1. The average Bonchev–Trinajstić information content (AvgIpc) is 2.34. The predicted molar refractivity (Wildman–Crippen MR) is 67.4 cm³/mol. The van der Waals surface area contributed by atoms with E-state index in [2.05, 4.69) is 24.4 Å². The molecule has 2 aliphatic carbocycles. The molecule has 0 saturated heterocycles. The molecule has 1 atom stereocenters. The second-order valence-corrected chi connectivity index (χ2v) is 5.73. The van der Waals surface area contributed by atoms with Crippen LogP contribution < -0.4 is 5.32 Å². The zero-order chi connectivity index (χ0) is 11.4. The molecule has 0 aromatic heterocycles. The molecule has 16 heavy (non-hydrogen) atoms. The van der Waals surface area contributed by atoms with Gasteiger partial charge in [-0.1, -0.05) is 19.1 Å². The van der Waals surface area contributed by atoms with Crippen molar-refractivity contribution in [1.82, 2.24) is 5.32 Å². The Balaban J connectivity index is 1.93. The maximum absolute atomic E-state index is 9.67. The summed E-state index contributed by atoms with van der Waals surface area (Å²) in [5, 5.41) is 13.4. The van der Waals surface area contributed by atoms with Crippen LogP contribution in [-0.2, 0) is 0 Å². The number of aliphatic hydroxyl groups is 1. The molecule has 2 heteroatoms. The summed E-state index contributed by atoms with van der Waals surface area (Å²) < 4.78 is 0. The lowest BCUT2D eigenvalue weighted by Gasteiger charge is -2.41. The van der Waals surface area contributed by atoms with E-state index in [9.17, 15) is 5.11 Å². The first-order valence-corrected chi connectivity index (χ1v) is 6.79. The second-order valence-electron chi connectivity index (χ2n) is 5.73. The van der Waals surface area contributed by atoms with Crippen LogP contribution in [0.15, 0.2) is 12.2 Å². The molecular formula is C14H25NO. The highest BCUT2D eigenvalue weighted by atomic mass is 16.3. The summed E-state index contributed by atoms with van der Waals surface area (Å²) in [6.45, 7) is 2.62. The SMILES string of the molecule is CC1CCC(CO)(NC2C=CCCC2)CC1. The lowest BCUT2D eigenvalue weighted by atomic mass is 9.77. The van der Waals surface area contributed by atoms with E-state index in [-0.39, 0.29) is 5.54 Å². The molecule has 1 fully saturated rings. The highest BCUT2D eigenvalue weighted by Crippen LogP contribution is 2.32. The smallest absolute Gasteiger partial charge is 0.0613 e. The first-order chi connectivity index (χ1) is 7.74. The van der Waals surface area contributed by atoms with Crippen molar-refractivity contribution in [3.8, 4) is 0 Å². The number of hydrogen-bond acceptors (Lipinski definition) is 2. The van der Waals surface area contributed by atoms with E-state index in [1.54, 1.807) is 0 Å². The van der Waals surface area contributed by atoms with Crippen LogP contribution in [0, 0.1) is 5.92 Å². The lowest BCUT2D eigenvalue weighted by molar-refractivity contribution is 0.0974. The zero-order valence-corrected chi connectivity index (χ0v) is 10.4. The van der Waals surface area contributed by atoms with Gasteiger partial charge in [-0.25, -0.2) is 0 Å². The first-order valence-electron chi connectivity index (χ1n) is 6.79. The van der Waals surface area contributed by atoms with E-state index >= 15 is 0 Å². The summed E-state index contributed by atoms with van der Waals surface area (Å²) in [6.07, 6.45) is 13.1. The minimum absolute atomic E-state index is 0.0128. The number of hydrogen-bond donors (Lipinski definition) is 2. The average molecular weight is 223 g/mol. The molecular weight excluding hydrogens is 198 g/mol. The Morgan fingerprint density at radius 1 is 1.31 bits per heavy atom. The van der Waals surface area contributed by atoms with Crippen molar-refractivity contribution in [3.63, 3.8) is 0 Å². The molecule has 1 saturated carbocycles. The van der Waals surface area contributed by atoms with E-state index in [0.29, 0.717) is 12.6 Å². The molecule has 2 aliphatic rings. The van der Waals surface area contributed by atoms with Crippen LogP contribution in [0.3, 0.4) is 0 Å². The molecule has 0 spiro atoms. The highest BCUT2D eigenvalue weighted by Gasteiger charge is 2.34. The zero-order valence-electron chi connectivity index (χ0n) is 10.4. The van der Waals surface area contributed by atoms with Crippen molar-refractivity contribution in [2.45, 2.75) is 63.5 Å². The molecule has 0 heterocycles. The Hall–Kier alpha value is -0.340. The fraction of sp³-hybridized carbons (Fsp3) is 0.857. The van der Waals surface area contributed by atoms with Gasteiger partial charge in [-0.15, -0.1) is 0 Å². The van der Waals surface area contributed by atoms with Crippen LogP contribution in [-0.4, -0.2) is 23.3 Å². The summed E-state index contributed by atoms with van der Waals surface area (Å²) in [5.41, 5.74) is 0.0128. The topological polar surface area (TPSA) is 32.3 Å². The van der Waals surface area contributed by atoms with Gasteiger partial charge in [0.15, 0.2) is 0 Å². The van der Waals surface area contributed by atoms with Gasteiger partial charge in [-0.3, -0.25) is 0 Å². The Bertz CT molecular complexity index is 241. The lowest BCUT2D eigenvalue weighted by Crippen LogP contribution is -2.54. The molecule has 0 amide bonds. The predicted octanol–water partition coefficient (Wildman–Crippen LogP) is 2.63. The summed E-state index contributed by atoms with van der Waals surface area (Å²) in [6, 6.07) is 0.495. The molecule has 2 N–H and O–H groups in total. The molecule has 0 aromatic rings. The van der Waals surface area contributed by atoms with Crippen molar-refractivity contribution in [3.05, 3.63) is 12.2 Å². The second kappa shape index (κ2) is 5.33. The van der Waals surface area contributed by atoms with Crippen molar-refractivity contribution >= 4 is 0 Å². The standard InChI is InChI=1S/C14H25NO/c1-12-7-9-14(11-16,10-8-12)15-13-5-3-2-4-6-13/h3,5,12-13,15-16H,2,4,6-11H2,1H3. The van der Waals surface area contributed by atoms with Gasteiger partial charge in [-0.2, -0.15) is 0 Å². The van der Waals surface area contributed by atoms with E-state index in [0.717, 1.165) is 18.8 Å². The minimum atomic E-state index is 0.0128. The molecule has 0 bridgehead atoms. The summed E-state index contributed by atoms with van der Waals surface area (Å²) in [5.74, 6) is 0.836. The summed E-state index contributed by atoms with van der Waals surface area (Å²) in [4.78, 5) is 0. The maximum Gasteiger partial charge on any atom is 0.0613 e. The van der Waals surface area contributed by atoms with E-state index in [1.807, 2.05) is 0 Å². The third-order valence-electron chi connectivity index (χ3n) is 4.28. The van der Waals surface area contributed by atoms with Crippen LogP contribution in [0.2, 0.25) is 0 Å².